The zero-order valence-electron chi connectivity index (χ0n) is 32.3. The fourth-order valence-corrected chi connectivity index (χ4v) is 2.35. The van der Waals surface area contributed by atoms with E-state index in [9.17, 15) is 19.2 Å². The fraction of sp³-hybridized carbons (Fsp3) is 0.355. The van der Waals surface area contributed by atoms with Gasteiger partial charge >= 0.3 is 82.6 Å². The van der Waals surface area contributed by atoms with Crippen LogP contribution < -0.4 is 0 Å². The monoisotopic (exact) mass is 1500 g/mol. The molecule has 3 rings (SSSR count). The van der Waals surface area contributed by atoms with Gasteiger partial charge in [0.05, 0.1) is 24.3 Å². The third kappa shape index (κ3) is 86.1. The van der Waals surface area contributed by atoms with Crippen LogP contribution in [0.3, 0.4) is 0 Å². The number of nitrogens with zero attached hydrogens (tertiary/aromatic N) is 1. The normalized spacial score (nSPS) is 9.22. The molecule has 0 unspecified atom stereocenters. The number of benzene rings is 2. The minimum atomic E-state index is -0.981. The molecule has 20 nitrogen and oxygen atoms in total. The maximum atomic E-state index is 10.8. The SMILES string of the molecule is CC(=O)O.CC(=O)O.CC(=O)O.CC(=O)c1ccc(C(=O)O)cc1.CC(=O)c1ccc(C(=O)O)cc1.CN1CCOCC1.C[C-]=O.O.[Cl][Pt+2][Cl].[Cl][Pt+2][Cl].[NH2-].[NH2-].[NH2-].[NH2-].[U]. The molecule has 15 N–H and O–H groups in total. The van der Waals surface area contributed by atoms with Crippen molar-refractivity contribution in [2.24, 2.45) is 0 Å². The topological polar surface area (TPSA) is 416 Å². The molecular weight excluding hydrogens is 1450 g/mol. The van der Waals surface area contributed by atoms with Gasteiger partial charge in [0, 0.05) is 76.1 Å². The van der Waals surface area contributed by atoms with Gasteiger partial charge < -0.3 is 70.0 Å². The van der Waals surface area contributed by atoms with Gasteiger partial charge in [0.1, 0.15) is 0 Å². The number of carbonyl (C=O) groups excluding carboxylic acids is 3. The van der Waals surface area contributed by atoms with Crippen molar-refractivity contribution in [1.29, 1.82) is 0 Å². The van der Waals surface area contributed by atoms with Crippen LogP contribution in [0.4, 0.5) is 0 Å². The molecule has 344 valence electrons. The number of ether oxygens (including phenoxy) is 1. The Hall–Kier alpha value is -1.89. The van der Waals surface area contributed by atoms with Crippen molar-refractivity contribution >= 4 is 85.4 Å². The zero-order chi connectivity index (χ0) is 42.2. The number of carboxylic acids is 5. The summed E-state index contributed by atoms with van der Waals surface area (Å²) in [5.74, 6) is -4.59. The molecule has 27 heteroatoms. The van der Waals surface area contributed by atoms with Crippen LogP contribution in [0.5, 0.6) is 0 Å². The largest absolute Gasteiger partial charge is 0.693 e. The molecule has 0 saturated carbocycles. The second kappa shape index (κ2) is 64.3. The number of aromatic carboxylic acids is 2. The smallest absolute Gasteiger partial charge is 0 e. The van der Waals surface area contributed by atoms with Crippen molar-refractivity contribution in [2.75, 3.05) is 33.4 Å². The van der Waals surface area contributed by atoms with Gasteiger partial charge in [-0.05, 0) is 45.2 Å². The second-order valence-electron chi connectivity index (χ2n) is 8.64. The average molecular weight is 1500 g/mol. The quantitative estimate of drug-likeness (QED) is 0.142. The van der Waals surface area contributed by atoms with Gasteiger partial charge in [-0.15, -0.1) is 0 Å². The summed E-state index contributed by atoms with van der Waals surface area (Å²) in [5, 5.41) is 39.3. The van der Waals surface area contributed by atoms with E-state index < -0.39 is 62.8 Å². The number of hydrogen-bond acceptors (Lipinski definition) is 10. The molecule has 1 aliphatic heterocycles. The van der Waals surface area contributed by atoms with E-state index >= 15 is 0 Å². The van der Waals surface area contributed by atoms with Crippen LogP contribution in [0.15, 0.2) is 48.5 Å². The standard InChI is InChI=1S/2C9H8O3.C5H11NO.3C2H4O2.C2H3O.4ClH.4H2N.H2O.2Pt.U/c2*1-6(10)7-2-4-8(5-3-7)9(11)12;1-6-2-4-7-5-3-6;3*1-2(3)4;1-2-3;;;;;;;;;;;;/h2*2-5H,1H3,(H,11,12);2-5H2,1H3;3*1H3,(H,3,4);1H3;4*1H;5*1H2;;;/q;;;;;;-1;;;;;4*-1;;2*+4;/p-4. The molecule has 2 aromatic carbocycles. The van der Waals surface area contributed by atoms with Crippen LogP contribution in [-0.4, -0.2) is 117 Å². The van der Waals surface area contributed by atoms with Gasteiger partial charge in [-0.2, -0.15) is 6.92 Å². The molecule has 0 amide bonds. The number of carboxylic acid groups (broad SMARTS) is 5. The fourth-order valence-electron chi connectivity index (χ4n) is 2.35. The van der Waals surface area contributed by atoms with Crippen molar-refractivity contribution in [2.45, 2.75) is 41.5 Å². The first-order valence-corrected chi connectivity index (χ1v) is 24.8. The number of ketones is 2. The van der Waals surface area contributed by atoms with Crippen LogP contribution in [0, 0.1) is 31.1 Å². The van der Waals surface area contributed by atoms with Crippen molar-refractivity contribution in [3.8, 4) is 0 Å². The predicted molar refractivity (Wildman–Crippen MR) is 215 cm³/mol. The minimum absolute atomic E-state index is 0. The van der Waals surface area contributed by atoms with Gasteiger partial charge in [-0.3, -0.25) is 30.3 Å². The van der Waals surface area contributed by atoms with E-state index in [-0.39, 0.29) is 83.9 Å². The van der Waals surface area contributed by atoms with Gasteiger partial charge in [-0.1, -0.05) is 24.3 Å². The average Bonchev–Trinajstić information content (AvgIpc) is 3.02. The van der Waals surface area contributed by atoms with Crippen LogP contribution >= 0.6 is 37.7 Å². The number of halogens is 4. The number of morpholine rings is 1. The number of nitrogens with two attached hydrogens (primary N) is 4. The molecule has 0 aromatic heterocycles. The Morgan fingerprint density at radius 3 is 0.828 bits per heavy atom. The second-order valence-corrected chi connectivity index (χ2v) is 15.2. The van der Waals surface area contributed by atoms with E-state index in [1.807, 2.05) is 0 Å². The van der Waals surface area contributed by atoms with Gasteiger partial charge in [0.25, 0.3) is 17.9 Å². The summed E-state index contributed by atoms with van der Waals surface area (Å²) in [7, 11) is 21.6. The molecule has 0 aliphatic carbocycles. The van der Waals surface area contributed by atoms with E-state index in [1.54, 1.807) is 0 Å². The summed E-state index contributed by atoms with van der Waals surface area (Å²) in [6, 6.07) is 11.7. The predicted octanol–water partition coefficient (Wildman–Crippen LogP) is 8.31. The van der Waals surface area contributed by atoms with Gasteiger partial charge in [0.2, 0.25) is 0 Å². The van der Waals surface area contributed by atoms with Gasteiger partial charge in [-0.25, -0.2) is 9.59 Å². The summed E-state index contributed by atoms with van der Waals surface area (Å²) in [5.41, 5.74) is 1.44. The summed E-state index contributed by atoms with van der Waals surface area (Å²) < 4.78 is 5.10. The summed E-state index contributed by atoms with van der Waals surface area (Å²) >= 11 is -0.944. The first-order valence-electron chi connectivity index (χ1n) is 13.5. The van der Waals surface area contributed by atoms with Crippen LogP contribution in [0.2, 0.25) is 0 Å². The van der Waals surface area contributed by atoms with Gasteiger partial charge in [0.15, 0.2) is 11.6 Å². The molecule has 2 aromatic rings. The van der Waals surface area contributed by atoms with Crippen LogP contribution in [-0.2, 0) is 56.9 Å². The molecule has 0 spiro atoms. The summed E-state index contributed by atoms with van der Waals surface area (Å²) in [6.07, 6.45) is 1.50. The van der Waals surface area contributed by atoms with Crippen molar-refractivity contribution < 1.29 is 138 Å². The van der Waals surface area contributed by atoms with E-state index in [0.717, 1.165) is 47.1 Å². The number of carbonyl (C=O) groups is 7. The maximum Gasteiger partial charge on any atom is 0 e. The van der Waals surface area contributed by atoms with E-state index in [2.05, 4.69) is 11.9 Å². The van der Waals surface area contributed by atoms with Crippen molar-refractivity contribution in [3.05, 3.63) is 95.4 Å². The summed E-state index contributed by atoms with van der Waals surface area (Å²) in [6.45, 7) is 11.5. The Kier molecular flexibility index (Phi) is 97.0. The van der Waals surface area contributed by atoms with Crippen LogP contribution in [0.25, 0.3) is 24.6 Å². The molecule has 58 heavy (non-hydrogen) atoms. The third-order valence-electron chi connectivity index (χ3n) is 4.31. The molecule has 0 radical (unpaired) electrons. The molecule has 1 heterocycles. The Morgan fingerprint density at radius 1 is 0.569 bits per heavy atom. The van der Waals surface area contributed by atoms with E-state index in [1.165, 1.54) is 75.6 Å². The first kappa shape index (κ1) is 87.6. The first-order chi connectivity index (χ1) is 24.1. The zero-order valence-corrected chi connectivity index (χ0v) is 44.0. The number of aliphatic carboxylic acids is 3. The minimum Gasteiger partial charge on any atom is -0.693 e. The maximum absolute atomic E-state index is 10.8. The molecule has 1 aliphatic rings. The Labute approximate surface area is 395 Å². The Balaban J connectivity index is -0.0000000430. The molecule has 1 fully saturated rings. The number of rotatable bonds is 4. The molecular formula is C31H52Cl4N5O15Pt2U-. The number of hydrogen-bond donors (Lipinski definition) is 5. The molecule has 0 atom stereocenters. The molecule has 1 saturated heterocycles. The third-order valence-corrected chi connectivity index (χ3v) is 4.31. The Bertz CT molecular complexity index is 1130. The van der Waals surface area contributed by atoms with Crippen LogP contribution in [0.1, 0.15) is 83.0 Å². The van der Waals surface area contributed by atoms with Crippen molar-refractivity contribution in [3.63, 3.8) is 0 Å². The molecule has 0 bridgehead atoms. The Morgan fingerprint density at radius 2 is 0.724 bits per heavy atom. The summed E-state index contributed by atoms with van der Waals surface area (Å²) in [4.78, 5) is 80.3. The van der Waals surface area contributed by atoms with Crippen molar-refractivity contribution in [1.82, 2.24) is 4.90 Å². The number of likely N-dealkylation sites (N-methyl/N-ethyl adjacent to an activating group) is 1. The van der Waals surface area contributed by atoms with E-state index in [4.69, 9.17) is 87.1 Å². The van der Waals surface area contributed by atoms with E-state index in [0.29, 0.717) is 11.1 Å². The number of Topliss-reactive ketones (excluding diaryl/α,β-unsaturated/α-hetero) is 2.